The summed E-state index contributed by atoms with van der Waals surface area (Å²) in [5, 5.41) is 4.09. The van der Waals surface area contributed by atoms with Gasteiger partial charge in [0.2, 0.25) is 0 Å². The van der Waals surface area contributed by atoms with E-state index in [-0.39, 0.29) is 5.82 Å². The molecule has 0 bridgehead atoms. The molecule has 1 aromatic heterocycles. The van der Waals surface area contributed by atoms with Gasteiger partial charge in [0.15, 0.2) is 0 Å². The average molecular weight is 315 g/mol. The summed E-state index contributed by atoms with van der Waals surface area (Å²) in [6.45, 7) is 3.80. The standard InChI is InChI=1S/C12H12BrFN2S/c1-2-15-6-9-7-16-12(17-9)8-3-4-10(13)11(14)5-8/h3-5,7,15H,2,6H2,1H3. The lowest BCUT2D eigenvalue weighted by Crippen LogP contribution is -2.10. The van der Waals surface area contributed by atoms with E-state index in [1.165, 1.54) is 6.07 Å². The minimum absolute atomic E-state index is 0.258. The molecule has 0 aliphatic rings. The second-order valence-electron chi connectivity index (χ2n) is 3.54. The number of aromatic nitrogens is 1. The van der Waals surface area contributed by atoms with E-state index in [2.05, 4.69) is 33.2 Å². The van der Waals surface area contributed by atoms with E-state index in [0.29, 0.717) is 4.47 Å². The first-order valence-corrected chi connectivity index (χ1v) is 6.92. The summed E-state index contributed by atoms with van der Waals surface area (Å²) in [5.41, 5.74) is 0.818. The molecule has 17 heavy (non-hydrogen) atoms. The molecule has 0 aliphatic carbocycles. The Hall–Kier alpha value is -0.780. The van der Waals surface area contributed by atoms with Crippen LogP contribution < -0.4 is 5.32 Å². The van der Waals surface area contributed by atoms with Crippen LogP contribution in [0.1, 0.15) is 11.8 Å². The minimum atomic E-state index is -0.258. The zero-order chi connectivity index (χ0) is 12.3. The molecular weight excluding hydrogens is 303 g/mol. The maximum absolute atomic E-state index is 13.4. The van der Waals surface area contributed by atoms with Gasteiger partial charge in [-0.05, 0) is 34.6 Å². The number of benzene rings is 1. The summed E-state index contributed by atoms with van der Waals surface area (Å²) in [6.07, 6.45) is 1.84. The van der Waals surface area contributed by atoms with Crippen molar-refractivity contribution in [3.63, 3.8) is 0 Å². The molecule has 0 saturated heterocycles. The smallest absolute Gasteiger partial charge is 0.138 e. The first-order valence-electron chi connectivity index (χ1n) is 5.31. The second kappa shape index (κ2) is 5.71. The third-order valence-electron chi connectivity index (χ3n) is 2.27. The molecule has 90 valence electrons. The summed E-state index contributed by atoms with van der Waals surface area (Å²) >= 11 is 4.72. The van der Waals surface area contributed by atoms with Crippen molar-refractivity contribution in [1.29, 1.82) is 0 Å². The number of rotatable bonds is 4. The lowest BCUT2D eigenvalue weighted by atomic mass is 10.2. The maximum Gasteiger partial charge on any atom is 0.138 e. The Morgan fingerprint density at radius 1 is 1.47 bits per heavy atom. The van der Waals surface area contributed by atoms with Crippen LogP contribution in [0.25, 0.3) is 10.6 Å². The van der Waals surface area contributed by atoms with Gasteiger partial charge in [-0.15, -0.1) is 11.3 Å². The molecule has 1 heterocycles. The largest absolute Gasteiger partial charge is 0.312 e. The van der Waals surface area contributed by atoms with Gasteiger partial charge >= 0.3 is 0 Å². The zero-order valence-electron chi connectivity index (χ0n) is 9.34. The van der Waals surface area contributed by atoms with Crippen molar-refractivity contribution < 1.29 is 4.39 Å². The van der Waals surface area contributed by atoms with E-state index in [4.69, 9.17) is 0 Å². The highest BCUT2D eigenvalue weighted by Gasteiger charge is 2.07. The van der Waals surface area contributed by atoms with E-state index >= 15 is 0 Å². The number of halogens is 2. The predicted octanol–water partition coefficient (Wildman–Crippen LogP) is 3.82. The summed E-state index contributed by atoms with van der Waals surface area (Å²) < 4.78 is 13.9. The molecule has 0 atom stereocenters. The maximum atomic E-state index is 13.4. The molecule has 1 N–H and O–H groups in total. The molecule has 2 rings (SSSR count). The van der Waals surface area contributed by atoms with Crippen molar-refractivity contribution in [2.45, 2.75) is 13.5 Å². The molecule has 0 radical (unpaired) electrons. The van der Waals surface area contributed by atoms with Gasteiger partial charge in [0, 0.05) is 23.2 Å². The fourth-order valence-electron chi connectivity index (χ4n) is 1.40. The molecule has 0 amide bonds. The van der Waals surface area contributed by atoms with Crippen LogP contribution in [0.2, 0.25) is 0 Å². The Balaban J connectivity index is 2.21. The monoisotopic (exact) mass is 314 g/mol. The lowest BCUT2D eigenvalue weighted by Gasteiger charge is -1.98. The van der Waals surface area contributed by atoms with Gasteiger partial charge in [-0.1, -0.05) is 13.0 Å². The van der Waals surface area contributed by atoms with E-state index in [0.717, 1.165) is 28.5 Å². The highest BCUT2D eigenvalue weighted by Crippen LogP contribution is 2.28. The number of hydrogen-bond acceptors (Lipinski definition) is 3. The summed E-state index contributed by atoms with van der Waals surface area (Å²) in [7, 11) is 0. The van der Waals surface area contributed by atoms with E-state index in [1.54, 1.807) is 17.4 Å². The zero-order valence-corrected chi connectivity index (χ0v) is 11.7. The number of nitrogens with zero attached hydrogens (tertiary/aromatic N) is 1. The summed E-state index contributed by atoms with van der Waals surface area (Å²) in [4.78, 5) is 5.46. The highest BCUT2D eigenvalue weighted by molar-refractivity contribution is 9.10. The minimum Gasteiger partial charge on any atom is -0.312 e. The van der Waals surface area contributed by atoms with Gasteiger partial charge in [0.1, 0.15) is 10.8 Å². The Morgan fingerprint density at radius 2 is 2.29 bits per heavy atom. The van der Waals surface area contributed by atoms with Crippen molar-refractivity contribution in [2.75, 3.05) is 6.54 Å². The molecule has 0 saturated carbocycles. The fraction of sp³-hybridized carbons (Fsp3) is 0.250. The number of hydrogen-bond donors (Lipinski definition) is 1. The van der Waals surface area contributed by atoms with Gasteiger partial charge in [0.05, 0.1) is 4.47 Å². The second-order valence-corrected chi connectivity index (χ2v) is 5.51. The van der Waals surface area contributed by atoms with Crippen molar-refractivity contribution in [3.8, 4) is 10.6 Å². The van der Waals surface area contributed by atoms with Gasteiger partial charge in [-0.25, -0.2) is 9.37 Å². The number of thiazole rings is 1. The van der Waals surface area contributed by atoms with Crippen molar-refractivity contribution in [2.24, 2.45) is 0 Å². The van der Waals surface area contributed by atoms with Crippen LogP contribution in [-0.4, -0.2) is 11.5 Å². The molecule has 2 nitrogen and oxygen atoms in total. The first kappa shape index (κ1) is 12.7. The Labute approximate surface area is 112 Å². The average Bonchev–Trinajstić information content (AvgIpc) is 2.79. The summed E-state index contributed by atoms with van der Waals surface area (Å²) in [6, 6.07) is 5.07. The van der Waals surface area contributed by atoms with Crippen LogP contribution >= 0.6 is 27.3 Å². The van der Waals surface area contributed by atoms with Crippen LogP contribution in [0.5, 0.6) is 0 Å². The van der Waals surface area contributed by atoms with Gasteiger partial charge in [-0.2, -0.15) is 0 Å². The van der Waals surface area contributed by atoms with Crippen molar-refractivity contribution in [1.82, 2.24) is 10.3 Å². The van der Waals surface area contributed by atoms with E-state index < -0.39 is 0 Å². The van der Waals surface area contributed by atoms with E-state index in [1.807, 2.05) is 12.3 Å². The molecule has 5 heteroatoms. The van der Waals surface area contributed by atoms with Crippen LogP contribution in [0.3, 0.4) is 0 Å². The van der Waals surface area contributed by atoms with Gasteiger partial charge in [-0.3, -0.25) is 0 Å². The van der Waals surface area contributed by atoms with Gasteiger partial charge < -0.3 is 5.32 Å². The normalized spacial score (nSPS) is 10.8. The van der Waals surface area contributed by atoms with Crippen molar-refractivity contribution >= 4 is 27.3 Å². The molecular formula is C12H12BrFN2S. The number of nitrogens with one attached hydrogen (secondary N) is 1. The molecule has 1 aromatic carbocycles. The molecule has 2 aromatic rings. The SMILES string of the molecule is CCNCc1cnc(-c2ccc(Br)c(F)c2)s1. The summed E-state index contributed by atoms with van der Waals surface area (Å²) in [5.74, 6) is -0.258. The Kier molecular flexibility index (Phi) is 4.25. The topological polar surface area (TPSA) is 24.9 Å². The fourth-order valence-corrected chi connectivity index (χ4v) is 2.52. The van der Waals surface area contributed by atoms with Crippen LogP contribution in [-0.2, 0) is 6.54 Å². The highest BCUT2D eigenvalue weighted by atomic mass is 79.9. The third-order valence-corrected chi connectivity index (χ3v) is 3.96. The Bertz CT molecular complexity index is 513. The molecule has 0 spiro atoms. The van der Waals surface area contributed by atoms with Gasteiger partial charge in [0.25, 0.3) is 0 Å². The third kappa shape index (κ3) is 3.12. The molecule has 0 aliphatic heterocycles. The molecule has 0 unspecified atom stereocenters. The first-order chi connectivity index (χ1) is 8.20. The predicted molar refractivity (Wildman–Crippen MR) is 72.6 cm³/mol. The molecule has 0 fully saturated rings. The van der Waals surface area contributed by atoms with Crippen LogP contribution in [0.4, 0.5) is 4.39 Å². The van der Waals surface area contributed by atoms with Crippen molar-refractivity contribution in [3.05, 3.63) is 39.6 Å². The van der Waals surface area contributed by atoms with Crippen LogP contribution in [0, 0.1) is 5.82 Å². The van der Waals surface area contributed by atoms with E-state index in [9.17, 15) is 4.39 Å². The van der Waals surface area contributed by atoms with Crippen LogP contribution in [0.15, 0.2) is 28.9 Å². The lowest BCUT2D eigenvalue weighted by molar-refractivity contribution is 0.621. The quantitative estimate of drug-likeness (QED) is 0.928. The Morgan fingerprint density at radius 3 is 3.00 bits per heavy atom.